The van der Waals surface area contributed by atoms with Gasteiger partial charge >= 0.3 is 5.97 Å². The summed E-state index contributed by atoms with van der Waals surface area (Å²) in [6.45, 7) is 0.0819. The Hall–Kier alpha value is -2.89. The number of esters is 1. The van der Waals surface area contributed by atoms with Crippen molar-refractivity contribution in [2.45, 2.75) is 6.54 Å². The van der Waals surface area contributed by atoms with Crippen molar-refractivity contribution in [2.75, 3.05) is 12.0 Å². The first kappa shape index (κ1) is 13.1. The highest BCUT2D eigenvalue weighted by atomic mass is 16.5. The van der Waals surface area contributed by atoms with Crippen molar-refractivity contribution < 1.29 is 23.5 Å². The molecule has 3 rings (SSSR count). The minimum absolute atomic E-state index is 0.0544. The summed E-state index contributed by atoms with van der Waals surface area (Å²) in [5.41, 5.74) is 0.922. The Labute approximate surface area is 119 Å². The van der Waals surface area contributed by atoms with Gasteiger partial charge in [-0.25, -0.2) is 4.79 Å². The molecule has 2 heterocycles. The maximum absolute atomic E-state index is 12.0. The van der Waals surface area contributed by atoms with Crippen LogP contribution in [-0.4, -0.2) is 24.8 Å². The average Bonchev–Trinajstić information content (AvgIpc) is 3.07. The zero-order chi connectivity index (χ0) is 15.0. The number of ether oxygens (including phenoxy) is 1. The van der Waals surface area contributed by atoms with E-state index in [2.05, 4.69) is 4.74 Å². The Morgan fingerprint density at radius 2 is 1.95 bits per heavy atom. The first-order chi connectivity index (χ1) is 10.1. The zero-order valence-corrected chi connectivity index (χ0v) is 11.2. The van der Waals surface area contributed by atoms with E-state index >= 15 is 0 Å². The predicted octanol–water partition coefficient (Wildman–Crippen LogP) is 1.80. The van der Waals surface area contributed by atoms with Crippen LogP contribution < -0.4 is 4.90 Å². The molecule has 0 fully saturated rings. The van der Waals surface area contributed by atoms with Crippen molar-refractivity contribution in [3.05, 3.63) is 53.5 Å². The number of furan rings is 1. The first-order valence-electron chi connectivity index (χ1n) is 6.24. The van der Waals surface area contributed by atoms with Gasteiger partial charge in [-0.1, -0.05) is 12.1 Å². The number of para-hydroxylation sites is 1. The summed E-state index contributed by atoms with van der Waals surface area (Å²) in [7, 11) is 1.25. The SMILES string of the molecule is COC(=O)c1ccc(CN2C(=O)C(=O)c3ccccc32)o1. The number of carbonyl (C=O) groups excluding carboxylic acids is 3. The van der Waals surface area contributed by atoms with Crippen molar-refractivity contribution in [1.29, 1.82) is 0 Å². The second-order valence-electron chi connectivity index (χ2n) is 4.50. The van der Waals surface area contributed by atoms with Crippen LogP contribution in [0.25, 0.3) is 0 Å². The molecule has 0 unspecified atom stereocenters. The summed E-state index contributed by atoms with van der Waals surface area (Å²) in [6.07, 6.45) is 0. The molecule has 0 bridgehead atoms. The number of amides is 1. The summed E-state index contributed by atoms with van der Waals surface area (Å²) < 4.78 is 9.86. The highest BCUT2D eigenvalue weighted by molar-refractivity contribution is 6.52. The van der Waals surface area contributed by atoms with Gasteiger partial charge in [0.15, 0.2) is 0 Å². The fraction of sp³-hybridized carbons (Fsp3) is 0.133. The van der Waals surface area contributed by atoms with Gasteiger partial charge in [-0.15, -0.1) is 0 Å². The molecular weight excluding hydrogens is 274 g/mol. The maximum atomic E-state index is 12.0. The minimum atomic E-state index is -0.604. The van der Waals surface area contributed by atoms with Crippen molar-refractivity contribution in [3.8, 4) is 0 Å². The van der Waals surface area contributed by atoms with E-state index in [9.17, 15) is 14.4 Å². The molecule has 0 N–H and O–H groups in total. The lowest BCUT2D eigenvalue weighted by molar-refractivity contribution is -0.114. The molecule has 1 aromatic carbocycles. The molecule has 0 saturated heterocycles. The molecule has 106 valence electrons. The van der Waals surface area contributed by atoms with Crippen LogP contribution in [0.5, 0.6) is 0 Å². The summed E-state index contributed by atoms with van der Waals surface area (Å²) in [4.78, 5) is 36.5. The van der Waals surface area contributed by atoms with Gasteiger partial charge < -0.3 is 9.15 Å². The number of benzene rings is 1. The fourth-order valence-electron chi connectivity index (χ4n) is 2.23. The Balaban J connectivity index is 1.88. The van der Waals surface area contributed by atoms with Gasteiger partial charge in [0.25, 0.3) is 11.7 Å². The van der Waals surface area contributed by atoms with Gasteiger partial charge in [-0.3, -0.25) is 14.5 Å². The number of Topliss-reactive ketones (excluding diaryl/α,β-unsaturated/α-hetero) is 1. The largest absolute Gasteiger partial charge is 0.463 e. The Morgan fingerprint density at radius 3 is 2.71 bits per heavy atom. The van der Waals surface area contributed by atoms with Crippen LogP contribution in [-0.2, 0) is 16.1 Å². The highest BCUT2D eigenvalue weighted by Gasteiger charge is 2.35. The van der Waals surface area contributed by atoms with Crippen LogP contribution in [0.2, 0.25) is 0 Å². The molecule has 0 aliphatic carbocycles. The molecule has 6 heteroatoms. The smallest absolute Gasteiger partial charge is 0.373 e. The van der Waals surface area contributed by atoms with Crippen LogP contribution >= 0.6 is 0 Å². The van der Waals surface area contributed by atoms with Crippen molar-refractivity contribution in [3.63, 3.8) is 0 Å². The number of nitrogens with zero attached hydrogens (tertiary/aromatic N) is 1. The van der Waals surface area contributed by atoms with E-state index in [1.54, 1.807) is 30.3 Å². The molecule has 1 aliphatic rings. The Morgan fingerprint density at radius 1 is 1.19 bits per heavy atom. The number of carbonyl (C=O) groups is 3. The Kier molecular flexibility index (Phi) is 3.06. The van der Waals surface area contributed by atoms with E-state index in [-0.39, 0.29) is 12.3 Å². The molecule has 21 heavy (non-hydrogen) atoms. The molecule has 0 spiro atoms. The molecule has 1 aliphatic heterocycles. The average molecular weight is 285 g/mol. The number of anilines is 1. The minimum Gasteiger partial charge on any atom is -0.463 e. The molecule has 2 aromatic rings. The van der Waals surface area contributed by atoms with E-state index in [0.29, 0.717) is 17.0 Å². The maximum Gasteiger partial charge on any atom is 0.373 e. The lowest BCUT2D eigenvalue weighted by atomic mass is 10.1. The van der Waals surface area contributed by atoms with Gasteiger partial charge in [0.2, 0.25) is 5.76 Å². The van der Waals surface area contributed by atoms with Gasteiger partial charge in [-0.05, 0) is 24.3 Å². The summed E-state index contributed by atoms with van der Waals surface area (Å²) in [5.74, 6) is -1.28. The molecule has 0 radical (unpaired) electrons. The number of ketones is 1. The lowest BCUT2D eigenvalue weighted by Gasteiger charge is -2.14. The van der Waals surface area contributed by atoms with E-state index in [0.717, 1.165) is 0 Å². The normalized spacial score (nSPS) is 13.5. The van der Waals surface area contributed by atoms with Crippen molar-refractivity contribution in [2.24, 2.45) is 0 Å². The molecule has 1 amide bonds. The van der Waals surface area contributed by atoms with Crippen LogP contribution in [0.3, 0.4) is 0 Å². The van der Waals surface area contributed by atoms with Gasteiger partial charge in [0, 0.05) is 0 Å². The van der Waals surface area contributed by atoms with E-state index in [1.165, 1.54) is 18.1 Å². The van der Waals surface area contributed by atoms with Gasteiger partial charge in [0.1, 0.15) is 5.76 Å². The molecule has 6 nitrogen and oxygen atoms in total. The van der Waals surface area contributed by atoms with Crippen LogP contribution in [0.15, 0.2) is 40.8 Å². The monoisotopic (exact) mass is 285 g/mol. The number of rotatable bonds is 3. The second kappa shape index (κ2) is 4.90. The highest BCUT2D eigenvalue weighted by Crippen LogP contribution is 2.30. The molecular formula is C15H11NO5. The summed E-state index contributed by atoms with van der Waals surface area (Å²) in [6, 6.07) is 9.80. The predicted molar refractivity (Wildman–Crippen MR) is 72.0 cm³/mol. The number of fused-ring (bicyclic) bond motifs is 1. The quantitative estimate of drug-likeness (QED) is 0.634. The lowest BCUT2D eigenvalue weighted by Crippen LogP contribution is -2.28. The van der Waals surface area contributed by atoms with Crippen LogP contribution in [0, 0.1) is 0 Å². The van der Waals surface area contributed by atoms with Crippen LogP contribution in [0.1, 0.15) is 26.7 Å². The molecule has 1 aromatic heterocycles. The van der Waals surface area contributed by atoms with Gasteiger partial charge in [0.05, 0.1) is 24.9 Å². The Bertz CT molecular complexity index is 746. The zero-order valence-electron chi connectivity index (χ0n) is 11.2. The molecule has 0 saturated carbocycles. The first-order valence-corrected chi connectivity index (χ1v) is 6.24. The second-order valence-corrected chi connectivity index (χ2v) is 4.50. The van der Waals surface area contributed by atoms with E-state index in [1.807, 2.05) is 0 Å². The fourth-order valence-corrected chi connectivity index (χ4v) is 2.23. The van der Waals surface area contributed by atoms with Crippen molar-refractivity contribution >= 4 is 23.3 Å². The number of hydrogen-bond acceptors (Lipinski definition) is 5. The third-order valence-electron chi connectivity index (χ3n) is 3.24. The van der Waals surface area contributed by atoms with E-state index in [4.69, 9.17) is 4.42 Å². The third kappa shape index (κ3) is 2.10. The number of methoxy groups -OCH3 is 1. The van der Waals surface area contributed by atoms with Crippen molar-refractivity contribution in [1.82, 2.24) is 0 Å². The van der Waals surface area contributed by atoms with Gasteiger partial charge in [-0.2, -0.15) is 0 Å². The number of hydrogen-bond donors (Lipinski definition) is 0. The standard InChI is InChI=1S/C15H11NO5/c1-20-15(19)12-7-6-9(21-12)8-16-11-5-3-2-4-10(11)13(17)14(16)18/h2-7H,8H2,1H3. The molecule has 0 atom stereocenters. The van der Waals surface area contributed by atoms with E-state index < -0.39 is 17.7 Å². The third-order valence-corrected chi connectivity index (χ3v) is 3.24. The summed E-state index contributed by atoms with van der Waals surface area (Å²) in [5, 5.41) is 0. The van der Waals surface area contributed by atoms with Crippen LogP contribution in [0.4, 0.5) is 5.69 Å². The topological polar surface area (TPSA) is 76.8 Å². The summed E-state index contributed by atoms with van der Waals surface area (Å²) >= 11 is 0.